The molecule has 0 heterocycles. The van der Waals surface area contributed by atoms with Crippen LogP contribution in [0.4, 0.5) is 0 Å². The molecule has 0 spiro atoms. The van der Waals surface area contributed by atoms with Gasteiger partial charge in [-0.15, -0.1) is 0 Å². The predicted molar refractivity (Wildman–Crippen MR) is 78.2 cm³/mol. The third kappa shape index (κ3) is 3.72. The Kier molecular flexibility index (Phi) is 4.50. The van der Waals surface area contributed by atoms with Gasteiger partial charge in [-0.1, -0.05) is 35.4 Å². The monoisotopic (exact) mass is 298 g/mol. The van der Waals surface area contributed by atoms with Crippen molar-refractivity contribution >= 4 is 29.1 Å². The highest BCUT2D eigenvalue weighted by molar-refractivity contribution is 6.34. The van der Waals surface area contributed by atoms with Crippen molar-refractivity contribution < 1.29 is 4.79 Å². The van der Waals surface area contributed by atoms with E-state index < -0.39 is 0 Å². The van der Waals surface area contributed by atoms with E-state index in [0.29, 0.717) is 23.0 Å². The Hall–Kier alpha value is -1.03. The minimum atomic E-state index is -0.116. The van der Waals surface area contributed by atoms with Gasteiger partial charge in [0, 0.05) is 29.7 Å². The maximum Gasteiger partial charge on any atom is 0.229 e. The van der Waals surface area contributed by atoms with Gasteiger partial charge in [-0.25, -0.2) is 0 Å². The molecule has 0 fully saturated rings. The summed E-state index contributed by atoms with van der Waals surface area (Å²) in [5, 5.41) is 1.15. The summed E-state index contributed by atoms with van der Waals surface area (Å²) in [6.45, 7) is 0.485. The SMILES string of the molecule is CN(Cc1cc(Cl)cc(Cl)c1)C(=O)C1C=CC(N)C1. The largest absolute Gasteiger partial charge is 0.341 e. The van der Waals surface area contributed by atoms with Gasteiger partial charge < -0.3 is 10.6 Å². The van der Waals surface area contributed by atoms with Gasteiger partial charge in [-0.05, 0) is 30.2 Å². The van der Waals surface area contributed by atoms with Crippen LogP contribution < -0.4 is 5.73 Å². The van der Waals surface area contributed by atoms with Crippen LogP contribution in [-0.4, -0.2) is 23.9 Å². The first-order valence-corrected chi connectivity index (χ1v) is 6.85. The fraction of sp³-hybridized carbons (Fsp3) is 0.357. The Labute approximate surface area is 123 Å². The highest BCUT2D eigenvalue weighted by atomic mass is 35.5. The minimum absolute atomic E-state index is 0.0111. The summed E-state index contributed by atoms with van der Waals surface area (Å²) < 4.78 is 0. The lowest BCUT2D eigenvalue weighted by Gasteiger charge is -2.21. The van der Waals surface area contributed by atoms with Crippen molar-refractivity contribution in [3.05, 3.63) is 46.0 Å². The number of carbonyl (C=O) groups excluding carboxylic acids is 1. The molecule has 1 aliphatic carbocycles. The molecule has 102 valence electrons. The number of nitrogens with two attached hydrogens (primary N) is 1. The molecule has 0 saturated heterocycles. The van der Waals surface area contributed by atoms with Crippen LogP contribution in [0.5, 0.6) is 0 Å². The molecule has 0 saturated carbocycles. The van der Waals surface area contributed by atoms with E-state index in [-0.39, 0.29) is 17.9 Å². The highest BCUT2D eigenvalue weighted by Gasteiger charge is 2.25. The summed E-state index contributed by atoms with van der Waals surface area (Å²) in [6, 6.07) is 5.29. The third-order valence-corrected chi connectivity index (χ3v) is 3.59. The average molecular weight is 299 g/mol. The van der Waals surface area contributed by atoms with Gasteiger partial charge in [0.15, 0.2) is 0 Å². The number of amides is 1. The molecule has 1 amide bonds. The van der Waals surface area contributed by atoms with Crippen LogP contribution in [0.3, 0.4) is 0 Å². The molecule has 5 heteroatoms. The Bertz CT molecular complexity index is 496. The van der Waals surface area contributed by atoms with Gasteiger partial charge in [-0.3, -0.25) is 4.79 Å². The number of benzene rings is 1. The first-order valence-electron chi connectivity index (χ1n) is 6.09. The van der Waals surface area contributed by atoms with Crippen LogP contribution in [0.2, 0.25) is 10.0 Å². The van der Waals surface area contributed by atoms with E-state index in [1.807, 2.05) is 24.3 Å². The summed E-state index contributed by atoms with van der Waals surface area (Å²) in [6.07, 6.45) is 4.45. The molecule has 2 rings (SSSR count). The van der Waals surface area contributed by atoms with Crippen molar-refractivity contribution in [2.45, 2.75) is 19.0 Å². The molecular formula is C14H16Cl2N2O. The lowest BCUT2D eigenvalue weighted by molar-refractivity contribution is -0.133. The first kappa shape index (κ1) is 14.4. The standard InChI is InChI=1S/C14H16Cl2N2O/c1-18(14(19)10-2-3-13(17)6-10)8-9-4-11(15)7-12(16)5-9/h2-5,7,10,13H,6,8,17H2,1H3. The van der Waals surface area contributed by atoms with E-state index in [1.165, 1.54) is 0 Å². The zero-order valence-corrected chi connectivity index (χ0v) is 12.2. The summed E-state index contributed by atoms with van der Waals surface area (Å²) in [5.74, 6) is -0.0463. The molecule has 0 bridgehead atoms. The van der Waals surface area contributed by atoms with Gasteiger partial charge in [0.2, 0.25) is 5.91 Å². The molecule has 1 aromatic carbocycles. The summed E-state index contributed by atoms with van der Waals surface area (Å²) in [4.78, 5) is 13.9. The first-order chi connectivity index (χ1) is 8.95. The van der Waals surface area contributed by atoms with Gasteiger partial charge in [0.05, 0.1) is 5.92 Å². The molecule has 2 N–H and O–H groups in total. The Balaban J connectivity index is 2.02. The molecule has 0 radical (unpaired) electrons. The second kappa shape index (κ2) is 5.95. The topological polar surface area (TPSA) is 46.3 Å². The quantitative estimate of drug-likeness (QED) is 0.872. The zero-order valence-electron chi connectivity index (χ0n) is 10.6. The number of halogens is 2. The highest BCUT2D eigenvalue weighted by Crippen LogP contribution is 2.22. The van der Waals surface area contributed by atoms with Gasteiger partial charge >= 0.3 is 0 Å². The van der Waals surface area contributed by atoms with Crippen LogP contribution in [0, 0.1) is 5.92 Å². The van der Waals surface area contributed by atoms with E-state index in [9.17, 15) is 4.79 Å². The summed E-state index contributed by atoms with van der Waals surface area (Å²) in [5.41, 5.74) is 6.68. The zero-order chi connectivity index (χ0) is 14.0. The van der Waals surface area contributed by atoms with Crippen molar-refractivity contribution in [2.24, 2.45) is 11.7 Å². The van der Waals surface area contributed by atoms with Gasteiger partial charge in [0.1, 0.15) is 0 Å². The van der Waals surface area contributed by atoms with Crippen LogP contribution in [-0.2, 0) is 11.3 Å². The van der Waals surface area contributed by atoms with Gasteiger partial charge in [0.25, 0.3) is 0 Å². The normalized spacial score (nSPS) is 21.7. The number of nitrogens with zero attached hydrogens (tertiary/aromatic N) is 1. The van der Waals surface area contributed by atoms with Gasteiger partial charge in [-0.2, -0.15) is 0 Å². The molecule has 0 aliphatic heterocycles. The minimum Gasteiger partial charge on any atom is -0.341 e. The van der Waals surface area contributed by atoms with Crippen LogP contribution >= 0.6 is 23.2 Å². The smallest absolute Gasteiger partial charge is 0.229 e. The molecular weight excluding hydrogens is 283 g/mol. The Morgan fingerprint density at radius 2 is 1.95 bits per heavy atom. The number of rotatable bonds is 3. The molecule has 19 heavy (non-hydrogen) atoms. The lowest BCUT2D eigenvalue weighted by Crippen LogP contribution is -2.32. The lowest BCUT2D eigenvalue weighted by atomic mass is 10.1. The second-order valence-corrected chi connectivity index (χ2v) is 5.74. The van der Waals surface area contributed by atoms with E-state index in [2.05, 4.69) is 0 Å². The predicted octanol–water partition coefficient (Wildman–Crippen LogP) is 2.86. The molecule has 2 atom stereocenters. The fourth-order valence-electron chi connectivity index (χ4n) is 2.25. The molecule has 3 nitrogen and oxygen atoms in total. The number of hydrogen-bond acceptors (Lipinski definition) is 2. The maximum absolute atomic E-state index is 12.2. The number of carbonyl (C=O) groups is 1. The second-order valence-electron chi connectivity index (χ2n) is 4.86. The van der Waals surface area contributed by atoms with E-state index in [0.717, 1.165) is 5.56 Å². The van der Waals surface area contributed by atoms with Crippen molar-refractivity contribution in [1.29, 1.82) is 0 Å². The third-order valence-electron chi connectivity index (χ3n) is 3.15. The molecule has 0 aromatic heterocycles. The van der Waals surface area contributed by atoms with Crippen LogP contribution in [0.15, 0.2) is 30.4 Å². The fourth-order valence-corrected chi connectivity index (χ4v) is 2.82. The van der Waals surface area contributed by atoms with E-state index in [4.69, 9.17) is 28.9 Å². The average Bonchev–Trinajstić information content (AvgIpc) is 2.73. The Morgan fingerprint density at radius 3 is 2.47 bits per heavy atom. The van der Waals surface area contributed by atoms with Crippen molar-refractivity contribution in [1.82, 2.24) is 4.90 Å². The molecule has 1 aliphatic rings. The molecule has 1 aromatic rings. The van der Waals surface area contributed by atoms with Crippen molar-refractivity contribution in [3.8, 4) is 0 Å². The maximum atomic E-state index is 12.2. The van der Waals surface area contributed by atoms with E-state index >= 15 is 0 Å². The Morgan fingerprint density at radius 1 is 1.32 bits per heavy atom. The van der Waals surface area contributed by atoms with E-state index in [1.54, 1.807) is 18.0 Å². The van der Waals surface area contributed by atoms with Crippen LogP contribution in [0.1, 0.15) is 12.0 Å². The molecule has 2 unspecified atom stereocenters. The number of hydrogen-bond donors (Lipinski definition) is 1. The van der Waals surface area contributed by atoms with Crippen molar-refractivity contribution in [2.75, 3.05) is 7.05 Å². The summed E-state index contributed by atoms with van der Waals surface area (Å²) >= 11 is 11.9. The van der Waals surface area contributed by atoms with Crippen molar-refractivity contribution in [3.63, 3.8) is 0 Å². The van der Waals surface area contributed by atoms with Crippen LogP contribution in [0.25, 0.3) is 0 Å². The summed E-state index contributed by atoms with van der Waals surface area (Å²) in [7, 11) is 1.77.